The molecule has 0 saturated heterocycles. The maximum Gasteiger partial charge on any atom is 0.326 e. The average Bonchev–Trinajstić information content (AvgIpc) is 3.06. The lowest BCUT2D eigenvalue weighted by atomic mass is 9.92. The molecule has 3 aromatic rings. The zero-order chi connectivity index (χ0) is 34.1. The number of ether oxygens (including phenoxy) is 2. The van der Waals surface area contributed by atoms with Gasteiger partial charge in [-0.1, -0.05) is 24.3 Å². The zero-order valence-corrected chi connectivity index (χ0v) is 26.2. The Bertz CT molecular complexity index is 1570. The second-order valence-corrected chi connectivity index (χ2v) is 11.3. The fraction of sp³-hybridized carbons (Fsp3) is 0.353. The van der Waals surface area contributed by atoms with Crippen molar-refractivity contribution in [3.8, 4) is 17.2 Å². The maximum atomic E-state index is 13.8. The summed E-state index contributed by atoms with van der Waals surface area (Å²) in [5.74, 6) is -2.63. The van der Waals surface area contributed by atoms with E-state index in [9.17, 15) is 33.8 Å². The molecule has 3 unspecified atom stereocenters. The number of carbonyl (C=O) groups is 4. The SMILES string of the molecule is COc1cc(O)cc(OC)c1CC(N)C(=O)N1Cc2ccccc2CC1C(=O)NCCCCC(NC(=O)c1ccc(F)cc1)C(=O)O. The number of aliphatic carboxylic acids is 1. The number of phenols is 1. The van der Waals surface area contributed by atoms with Crippen LogP contribution in [0, 0.1) is 5.82 Å². The average molecular weight is 651 g/mol. The third-order valence-corrected chi connectivity index (χ3v) is 8.10. The number of rotatable bonds is 14. The Kier molecular flexibility index (Phi) is 11.7. The predicted molar refractivity (Wildman–Crippen MR) is 170 cm³/mol. The molecular formula is C34H39FN4O8. The summed E-state index contributed by atoms with van der Waals surface area (Å²) in [6, 6.07) is 12.1. The Morgan fingerprint density at radius 1 is 1.00 bits per heavy atom. The fourth-order valence-electron chi connectivity index (χ4n) is 5.58. The van der Waals surface area contributed by atoms with Gasteiger partial charge in [-0.25, -0.2) is 9.18 Å². The van der Waals surface area contributed by atoms with Gasteiger partial charge < -0.3 is 41.0 Å². The third-order valence-electron chi connectivity index (χ3n) is 8.10. The summed E-state index contributed by atoms with van der Waals surface area (Å²) in [7, 11) is 2.86. The van der Waals surface area contributed by atoms with Crippen LogP contribution in [0.25, 0.3) is 0 Å². The van der Waals surface area contributed by atoms with Gasteiger partial charge >= 0.3 is 5.97 Å². The molecule has 3 aromatic carbocycles. The minimum Gasteiger partial charge on any atom is -0.508 e. The monoisotopic (exact) mass is 650 g/mol. The fourth-order valence-corrected chi connectivity index (χ4v) is 5.58. The van der Waals surface area contributed by atoms with Gasteiger partial charge in [-0.15, -0.1) is 0 Å². The molecule has 4 rings (SSSR count). The number of nitrogens with one attached hydrogen (secondary N) is 2. The highest BCUT2D eigenvalue weighted by Crippen LogP contribution is 2.35. The summed E-state index contributed by atoms with van der Waals surface area (Å²) in [6.07, 6.45) is 1.21. The van der Waals surface area contributed by atoms with E-state index in [4.69, 9.17) is 15.2 Å². The zero-order valence-electron chi connectivity index (χ0n) is 26.2. The molecule has 12 nitrogen and oxygen atoms in total. The van der Waals surface area contributed by atoms with Crippen LogP contribution in [-0.2, 0) is 33.8 Å². The maximum absolute atomic E-state index is 13.8. The Balaban J connectivity index is 1.38. The summed E-state index contributed by atoms with van der Waals surface area (Å²) < 4.78 is 23.9. The lowest BCUT2D eigenvalue weighted by Gasteiger charge is -2.37. The number of carbonyl (C=O) groups excluding carboxylic acids is 3. The molecule has 0 saturated carbocycles. The van der Waals surface area contributed by atoms with Crippen LogP contribution in [-0.4, -0.2) is 77.7 Å². The van der Waals surface area contributed by atoms with Crippen molar-refractivity contribution in [2.24, 2.45) is 5.73 Å². The van der Waals surface area contributed by atoms with Crippen molar-refractivity contribution in [1.82, 2.24) is 15.5 Å². The van der Waals surface area contributed by atoms with E-state index in [1.165, 1.54) is 43.4 Å². The van der Waals surface area contributed by atoms with Crippen LogP contribution in [0.2, 0.25) is 0 Å². The third kappa shape index (κ3) is 8.76. The summed E-state index contributed by atoms with van der Waals surface area (Å²) in [5.41, 5.74) is 8.91. The molecule has 0 aromatic heterocycles. The molecule has 0 bridgehead atoms. The number of nitrogens with two attached hydrogens (primary N) is 1. The van der Waals surface area contributed by atoms with Crippen LogP contribution in [0.3, 0.4) is 0 Å². The molecule has 1 aliphatic rings. The molecule has 3 atom stereocenters. The molecule has 47 heavy (non-hydrogen) atoms. The number of phenolic OH excluding ortho intramolecular Hbond substituents is 1. The van der Waals surface area contributed by atoms with Crippen molar-refractivity contribution in [3.63, 3.8) is 0 Å². The molecule has 1 heterocycles. The number of methoxy groups -OCH3 is 2. The van der Waals surface area contributed by atoms with Crippen molar-refractivity contribution in [2.75, 3.05) is 20.8 Å². The van der Waals surface area contributed by atoms with Gasteiger partial charge in [-0.3, -0.25) is 14.4 Å². The highest BCUT2D eigenvalue weighted by Gasteiger charge is 2.37. The van der Waals surface area contributed by atoms with Gasteiger partial charge in [0, 0.05) is 49.2 Å². The number of carboxylic acids is 1. The van der Waals surface area contributed by atoms with Crippen molar-refractivity contribution < 1.29 is 43.3 Å². The van der Waals surface area contributed by atoms with Crippen LogP contribution >= 0.6 is 0 Å². The summed E-state index contributed by atoms with van der Waals surface area (Å²) in [4.78, 5) is 52.9. The number of nitrogens with zero attached hydrogens (tertiary/aromatic N) is 1. The van der Waals surface area contributed by atoms with Gasteiger partial charge in [-0.2, -0.15) is 0 Å². The summed E-state index contributed by atoms with van der Waals surface area (Å²) in [6.45, 7) is 0.393. The van der Waals surface area contributed by atoms with E-state index in [0.29, 0.717) is 29.9 Å². The second-order valence-electron chi connectivity index (χ2n) is 11.3. The Hall–Kier alpha value is -5.17. The summed E-state index contributed by atoms with van der Waals surface area (Å²) >= 11 is 0. The number of unbranched alkanes of at least 4 members (excludes halogenated alkanes) is 1. The lowest BCUT2D eigenvalue weighted by molar-refractivity contribution is -0.142. The quantitative estimate of drug-likeness (QED) is 0.164. The van der Waals surface area contributed by atoms with Crippen LogP contribution in [0.1, 0.15) is 46.3 Å². The van der Waals surface area contributed by atoms with Crippen LogP contribution < -0.4 is 25.8 Å². The van der Waals surface area contributed by atoms with E-state index in [1.54, 1.807) is 0 Å². The first-order valence-corrected chi connectivity index (χ1v) is 15.2. The molecule has 0 fully saturated rings. The minimum absolute atomic E-state index is 0.0282. The second kappa shape index (κ2) is 15.9. The molecule has 3 amide bonds. The highest BCUT2D eigenvalue weighted by molar-refractivity contribution is 5.96. The molecule has 0 aliphatic carbocycles. The van der Waals surface area contributed by atoms with Crippen molar-refractivity contribution in [3.05, 3.63) is 88.7 Å². The number of hydrogen-bond donors (Lipinski definition) is 5. The van der Waals surface area contributed by atoms with Crippen LogP contribution in [0.5, 0.6) is 17.2 Å². The van der Waals surface area contributed by atoms with E-state index in [0.717, 1.165) is 23.3 Å². The Morgan fingerprint density at radius 3 is 2.26 bits per heavy atom. The van der Waals surface area contributed by atoms with Crippen molar-refractivity contribution >= 4 is 23.7 Å². The number of halogens is 1. The number of benzene rings is 3. The highest BCUT2D eigenvalue weighted by atomic mass is 19.1. The first-order chi connectivity index (χ1) is 22.5. The molecule has 250 valence electrons. The Morgan fingerprint density at radius 2 is 1.64 bits per heavy atom. The van der Waals surface area contributed by atoms with Crippen molar-refractivity contribution in [1.29, 1.82) is 0 Å². The number of hydrogen-bond acceptors (Lipinski definition) is 8. The van der Waals surface area contributed by atoms with E-state index in [1.807, 2.05) is 24.3 Å². The van der Waals surface area contributed by atoms with Crippen LogP contribution in [0.15, 0.2) is 60.7 Å². The first kappa shape index (κ1) is 34.7. The topological polar surface area (TPSA) is 181 Å². The number of aromatic hydroxyl groups is 1. The molecule has 0 radical (unpaired) electrons. The van der Waals surface area contributed by atoms with Gasteiger partial charge in [0.15, 0.2) is 0 Å². The lowest BCUT2D eigenvalue weighted by Crippen LogP contribution is -2.56. The van der Waals surface area contributed by atoms with Gasteiger partial charge in [0.25, 0.3) is 5.91 Å². The number of carboxylic acid groups (broad SMARTS) is 1. The Labute approximate surface area is 271 Å². The molecule has 13 heteroatoms. The molecule has 0 spiro atoms. The first-order valence-electron chi connectivity index (χ1n) is 15.2. The summed E-state index contributed by atoms with van der Waals surface area (Å²) in [5, 5.41) is 24.9. The van der Waals surface area contributed by atoms with Crippen LogP contribution in [0.4, 0.5) is 4.39 Å². The van der Waals surface area contributed by atoms with Gasteiger partial charge in [0.1, 0.15) is 35.1 Å². The van der Waals surface area contributed by atoms with Gasteiger partial charge in [0.05, 0.1) is 20.3 Å². The van der Waals surface area contributed by atoms with Crippen molar-refractivity contribution in [2.45, 2.75) is 56.8 Å². The number of amides is 3. The van der Waals surface area contributed by atoms with E-state index in [-0.39, 0.29) is 49.6 Å². The molecule has 6 N–H and O–H groups in total. The predicted octanol–water partition coefficient (Wildman–Crippen LogP) is 2.54. The van der Waals surface area contributed by atoms with Gasteiger partial charge in [-0.05, 0) is 54.7 Å². The normalized spacial score (nSPS) is 15.1. The minimum atomic E-state index is -1.21. The van der Waals surface area contributed by atoms with E-state index < -0.39 is 41.7 Å². The van der Waals surface area contributed by atoms with E-state index >= 15 is 0 Å². The number of fused-ring (bicyclic) bond motifs is 1. The molecular weight excluding hydrogens is 611 g/mol. The van der Waals surface area contributed by atoms with Gasteiger partial charge in [0.2, 0.25) is 11.8 Å². The van der Waals surface area contributed by atoms with E-state index in [2.05, 4.69) is 10.6 Å². The standard InChI is InChI=1S/C34H39FN4O8/c1-46-29-16-24(40)17-30(47-2)25(29)18-26(36)33(43)39-19-22-8-4-3-7-21(22)15-28(39)32(42)37-14-6-5-9-27(34(44)45)38-31(41)20-10-12-23(35)13-11-20/h3-4,7-8,10-13,16-17,26-28,40H,5-6,9,14-15,18-19,36H2,1-2H3,(H,37,42)(H,38,41)(H,44,45). The molecule has 1 aliphatic heterocycles. The largest absolute Gasteiger partial charge is 0.508 e. The smallest absolute Gasteiger partial charge is 0.326 e.